The second-order valence-corrected chi connectivity index (χ2v) is 4.91. The zero-order valence-electron chi connectivity index (χ0n) is 11.4. The van der Waals surface area contributed by atoms with E-state index in [1.165, 1.54) is 12.1 Å². The lowest BCUT2D eigenvalue weighted by molar-refractivity contribution is -0.160. The number of benzene rings is 1. The summed E-state index contributed by atoms with van der Waals surface area (Å²) in [6.07, 6.45) is -6.36. The number of amides is 1. The highest BCUT2D eigenvalue weighted by atomic mass is 35.5. The lowest BCUT2D eigenvalue weighted by atomic mass is 10.2. The number of carboxylic acid groups (broad SMARTS) is 1. The molecule has 22 heavy (non-hydrogen) atoms. The van der Waals surface area contributed by atoms with E-state index in [0.717, 1.165) is 0 Å². The van der Waals surface area contributed by atoms with E-state index >= 15 is 0 Å². The molecule has 1 amide bonds. The Morgan fingerprint density at radius 3 is 2.55 bits per heavy atom. The van der Waals surface area contributed by atoms with Crippen LogP contribution in [0.4, 0.5) is 13.2 Å². The molecule has 0 aliphatic heterocycles. The van der Waals surface area contributed by atoms with Crippen molar-refractivity contribution in [2.75, 3.05) is 6.61 Å². The molecule has 0 aliphatic carbocycles. The molecule has 0 aromatic heterocycles. The molecule has 0 bridgehead atoms. The van der Waals surface area contributed by atoms with E-state index in [2.05, 4.69) is 0 Å². The maximum Gasteiger partial charge on any atom is 0.391 e. The fraction of sp³-hybridized carbons (Fsp3) is 0.385. The minimum atomic E-state index is -4.70. The molecule has 1 atom stereocenters. The van der Waals surface area contributed by atoms with Gasteiger partial charge in [-0.25, -0.2) is 4.79 Å². The third-order valence-electron chi connectivity index (χ3n) is 2.56. The lowest BCUT2D eigenvalue weighted by Gasteiger charge is -2.16. The highest BCUT2D eigenvalue weighted by Gasteiger charge is 2.36. The number of hydrogen-bond acceptors (Lipinski definition) is 3. The Kier molecular flexibility index (Phi) is 6.04. The first kappa shape index (κ1) is 18.1. The normalized spacial score (nSPS) is 12.6. The van der Waals surface area contributed by atoms with Crippen LogP contribution in [0, 0.1) is 6.92 Å². The zero-order chi connectivity index (χ0) is 16.9. The van der Waals surface area contributed by atoms with Gasteiger partial charge in [-0.1, -0.05) is 11.6 Å². The Morgan fingerprint density at radius 1 is 1.41 bits per heavy atom. The molecule has 0 saturated heterocycles. The Hall–Kier alpha value is -1.96. The highest BCUT2D eigenvalue weighted by Crippen LogP contribution is 2.22. The van der Waals surface area contributed by atoms with E-state index in [1.54, 1.807) is 18.3 Å². The fourth-order valence-corrected chi connectivity index (χ4v) is 1.81. The number of hydrogen-bond donors (Lipinski definition) is 2. The van der Waals surface area contributed by atoms with Crippen LogP contribution < -0.4 is 10.1 Å². The molecule has 122 valence electrons. The van der Waals surface area contributed by atoms with E-state index in [-0.39, 0.29) is 0 Å². The monoisotopic (exact) mass is 339 g/mol. The van der Waals surface area contributed by atoms with Gasteiger partial charge in [-0.15, -0.1) is 0 Å². The molecule has 1 unspecified atom stereocenters. The van der Waals surface area contributed by atoms with Crippen molar-refractivity contribution in [1.82, 2.24) is 5.32 Å². The van der Waals surface area contributed by atoms with Gasteiger partial charge in [0.1, 0.15) is 11.8 Å². The van der Waals surface area contributed by atoms with Crippen LogP contribution >= 0.6 is 11.6 Å². The number of carboxylic acids is 1. The number of aliphatic carboxylic acids is 1. The van der Waals surface area contributed by atoms with Crippen molar-refractivity contribution in [2.45, 2.75) is 25.6 Å². The summed E-state index contributed by atoms with van der Waals surface area (Å²) in [6.45, 7) is 1.06. The van der Waals surface area contributed by atoms with Crippen LogP contribution in [-0.2, 0) is 9.59 Å². The summed E-state index contributed by atoms with van der Waals surface area (Å²) in [5.74, 6) is -2.42. The molecule has 0 fully saturated rings. The standard InChI is InChI=1S/C13H13ClF3NO4/c1-7-4-8(14)2-3-10(7)22-6-11(19)18-9(12(20)21)5-13(15,16)17/h2-4,9H,5-6H2,1H3,(H,18,19)(H,20,21). The molecule has 1 rings (SSSR count). The largest absolute Gasteiger partial charge is 0.484 e. The van der Waals surface area contributed by atoms with Crippen LogP contribution in [0.5, 0.6) is 5.75 Å². The summed E-state index contributed by atoms with van der Waals surface area (Å²) in [5.41, 5.74) is 0.630. The number of aryl methyl sites for hydroxylation is 1. The van der Waals surface area contributed by atoms with Crippen LogP contribution in [0.1, 0.15) is 12.0 Å². The van der Waals surface area contributed by atoms with E-state index in [9.17, 15) is 22.8 Å². The average molecular weight is 340 g/mol. The van der Waals surface area contributed by atoms with Crippen LogP contribution in [0.15, 0.2) is 18.2 Å². The van der Waals surface area contributed by atoms with Crippen LogP contribution in [0.25, 0.3) is 0 Å². The molecule has 0 spiro atoms. The molecule has 0 radical (unpaired) electrons. The first-order valence-electron chi connectivity index (χ1n) is 6.06. The van der Waals surface area contributed by atoms with Crippen molar-refractivity contribution in [3.63, 3.8) is 0 Å². The molecule has 0 saturated carbocycles. The number of ether oxygens (including phenoxy) is 1. The third-order valence-corrected chi connectivity index (χ3v) is 2.80. The molecular weight excluding hydrogens is 327 g/mol. The van der Waals surface area contributed by atoms with Crippen LogP contribution in [-0.4, -0.2) is 35.8 Å². The average Bonchev–Trinajstić information content (AvgIpc) is 2.35. The summed E-state index contributed by atoms with van der Waals surface area (Å²) in [6, 6.07) is 2.54. The molecule has 0 heterocycles. The van der Waals surface area contributed by atoms with Gasteiger partial charge in [-0.2, -0.15) is 13.2 Å². The maximum atomic E-state index is 12.2. The van der Waals surface area contributed by atoms with Gasteiger partial charge in [0.05, 0.1) is 6.42 Å². The summed E-state index contributed by atoms with van der Waals surface area (Å²) in [5, 5.41) is 10.9. The Balaban J connectivity index is 2.59. The minimum Gasteiger partial charge on any atom is -0.484 e. The third kappa shape index (κ3) is 6.21. The fourth-order valence-electron chi connectivity index (χ4n) is 1.59. The van der Waals surface area contributed by atoms with Crippen molar-refractivity contribution < 1.29 is 32.6 Å². The summed E-state index contributed by atoms with van der Waals surface area (Å²) in [7, 11) is 0. The molecule has 2 N–H and O–H groups in total. The minimum absolute atomic E-state index is 0.322. The number of rotatable bonds is 6. The molecule has 1 aromatic carbocycles. The van der Waals surface area contributed by atoms with Crippen molar-refractivity contribution >= 4 is 23.5 Å². The smallest absolute Gasteiger partial charge is 0.391 e. The summed E-state index contributed by atoms with van der Waals surface area (Å²) in [4.78, 5) is 22.2. The van der Waals surface area contributed by atoms with Gasteiger partial charge in [-0.05, 0) is 30.7 Å². The number of nitrogens with one attached hydrogen (secondary N) is 1. The maximum absolute atomic E-state index is 12.2. The molecular formula is C13H13ClF3NO4. The predicted octanol–water partition coefficient (Wildman–Crippen LogP) is 2.55. The molecule has 1 aromatic rings. The van der Waals surface area contributed by atoms with Gasteiger partial charge in [-0.3, -0.25) is 4.79 Å². The van der Waals surface area contributed by atoms with Gasteiger partial charge in [0.25, 0.3) is 5.91 Å². The number of carbonyl (C=O) groups excluding carboxylic acids is 1. The number of alkyl halides is 3. The van der Waals surface area contributed by atoms with Crippen LogP contribution in [0.2, 0.25) is 5.02 Å². The Bertz CT molecular complexity index is 563. The van der Waals surface area contributed by atoms with Crippen molar-refractivity contribution in [3.05, 3.63) is 28.8 Å². The van der Waals surface area contributed by atoms with Gasteiger partial charge in [0.2, 0.25) is 0 Å². The summed E-state index contributed by atoms with van der Waals surface area (Å²) >= 11 is 5.74. The van der Waals surface area contributed by atoms with Crippen molar-refractivity contribution in [2.24, 2.45) is 0 Å². The highest BCUT2D eigenvalue weighted by molar-refractivity contribution is 6.30. The number of halogens is 4. The zero-order valence-corrected chi connectivity index (χ0v) is 12.2. The lowest BCUT2D eigenvalue weighted by Crippen LogP contribution is -2.45. The first-order valence-corrected chi connectivity index (χ1v) is 6.44. The Labute approximate surface area is 129 Å². The van der Waals surface area contributed by atoms with Gasteiger partial charge >= 0.3 is 12.1 Å². The summed E-state index contributed by atoms with van der Waals surface area (Å²) < 4.78 is 41.7. The predicted molar refractivity (Wildman–Crippen MR) is 71.9 cm³/mol. The topological polar surface area (TPSA) is 75.6 Å². The second kappa shape index (κ2) is 7.35. The van der Waals surface area contributed by atoms with E-state index < -0.39 is 37.1 Å². The molecule has 0 aliphatic rings. The van der Waals surface area contributed by atoms with E-state index in [0.29, 0.717) is 16.3 Å². The van der Waals surface area contributed by atoms with Crippen LogP contribution in [0.3, 0.4) is 0 Å². The number of carbonyl (C=O) groups is 2. The quantitative estimate of drug-likeness (QED) is 0.835. The second-order valence-electron chi connectivity index (χ2n) is 4.48. The first-order chi connectivity index (χ1) is 10.1. The SMILES string of the molecule is Cc1cc(Cl)ccc1OCC(=O)NC(CC(F)(F)F)C(=O)O. The van der Waals surface area contributed by atoms with Crippen molar-refractivity contribution in [1.29, 1.82) is 0 Å². The van der Waals surface area contributed by atoms with Gasteiger partial charge < -0.3 is 15.2 Å². The van der Waals surface area contributed by atoms with Crippen molar-refractivity contribution in [3.8, 4) is 5.75 Å². The van der Waals surface area contributed by atoms with Gasteiger partial charge in [0, 0.05) is 5.02 Å². The molecule has 5 nitrogen and oxygen atoms in total. The van der Waals surface area contributed by atoms with E-state index in [4.69, 9.17) is 21.4 Å². The molecule has 9 heteroatoms. The van der Waals surface area contributed by atoms with E-state index in [1.807, 2.05) is 0 Å². The van der Waals surface area contributed by atoms with Gasteiger partial charge in [0.15, 0.2) is 6.61 Å². The Morgan fingerprint density at radius 2 is 2.05 bits per heavy atom.